The normalized spacial score (nSPS) is 16.9. The molecule has 0 fully saturated rings. The molecular weight excluding hydrogens is 371 g/mol. The Kier molecular flexibility index (Phi) is 3.30. The van der Waals surface area contributed by atoms with E-state index in [0.717, 1.165) is 24.2 Å². The molecule has 2 nitrogen and oxygen atoms in total. The molecule has 21 heavy (non-hydrogen) atoms. The number of rotatable bonds is 2. The highest BCUT2D eigenvalue weighted by Crippen LogP contribution is 2.33. The summed E-state index contributed by atoms with van der Waals surface area (Å²) in [4.78, 5) is 4.74. The van der Waals surface area contributed by atoms with E-state index >= 15 is 0 Å². The topological polar surface area (TPSA) is 24.9 Å². The van der Waals surface area contributed by atoms with Crippen molar-refractivity contribution >= 4 is 39.3 Å². The Morgan fingerprint density at radius 1 is 1.05 bits per heavy atom. The number of nitrogens with one attached hydrogen (secondary N) is 1. The fourth-order valence-electron chi connectivity index (χ4n) is 3.06. The van der Waals surface area contributed by atoms with Gasteiger partial charge in [-0.1, -0.05) is 24.3 Å². The van der Waals surface area contributed by atoms with E-state index < -0.39 is 0 Å². The molecule has 1 aromatic heterocycles. The Labute approximate surface area is 137 Å². The second-order valence-electron chi connectivity index (χ2n) is 5.47. The quantitative estimate of drug-likeness (QED) is 0.632. The lowest BCUT2D eigenvalue weighted by Gasteiger charge is -2.15. The largest absolute Gasteiger partial charge is 0.363 e. The smallest absolute Gasteiger partial charge is 0.127 e. The molecule has 3 aromatic rings. The van der Waals surface area contributed by atoms with Crippen molar-refractivity contribution in [3.8, 4) is 0 Å². The van der Waals surface area contributed by atoms with Crippen LogP contribution in [0.1, 0.15) is 23.6 Å². The van der Waals surface area contributed by atoms with Gasteiger partial charge in [0.15, 0.2) is 0 Å². The van der Waals surface area contributed by atoms with Crippen molar-refractivity contribution in [2.24, 2.45) is 0 Å². The standard InChI is InChI=1S/C18H15IN2/c19-14-7-9-16-13(11-14)6-10-18(20-16)21-17-8-5-12-3-1-2-4-15(12)17/h1-4,6-7,9-11,17H,5,8H2,(H,20,21)/t17-/m1/s1. The van der Waals surface area contributed by atoms with Crippen LogP contribution < -0.4 is 5.32 Å². The molecule has 1 atom stereocenters. The van der Waals surface area contributed by atoms with Gasteiger partial charge in [-0.15, -0.1) is 0 Å². The van der Waals surface area contributed by atoms with Gasteiger partial charge >= 0.3 is 0 Å². The highest BCUT2D eigenvalue weighted by Gasteiger charge is 2.21. The number of pyridine rings is 1. The predicted molar refractivity (Wildman–Crippen MR) is 95.6 cm³/mol. The van der Waals surface area contributed by atoms with Crippen LogP contribution in [0.15, 0.2) is 54.6 Å². The van der Waals surface area contributed by atoms with Gasteiger partial charge in [-0.05, 0) is 76.9 Å². The summed E-state index contributed by atoms with van der Waals surface area (Å²) in [6.07, 6.45) is 2.30. The minimum Gasteiger partial charge on any atom is -0.363 e. The van der Waals surface area contributed by atoms with Crippen LogP contribution in [-0.2, 0) is 6.42 Å². The summed E-state index contributed by atoms with van der Waals surface area (Å²) >= 11 is 2.33. The Morgan fingerprint density at radius 3 is 2.90 bits per heavy atom. The fraction of sp³-hybridized carbons (Fsp3) is 0.167. The zero-order valence-electron chi connectivity index (χ0n) is 11.5. The summed E-state index contributed by atoms with van der Waals surface area (Å²) in [5.74, 6) is 0.963. The third kappa shape index (κ3) is 2.50. The van der Waals surface area contributed by atoms with Crippen LogP contribution in [0.5, 0.6) is 0 Å². The van der Waals surface area contributed by atoms with E-state index in [0.29, 0.717) is 6.04 Å². The molecule has 0 unspecified atom stereocenters. The zero-order chi connectivity index (χ0) is 14.2. The van der Waals surface area contributed by atoms with E-state index in [4.69, 9.17) is 4.98 Å². The van der Waals surface area contributed by atoms with Gasteiger partial charge in [-0.25, -0.2) is 4.98 Å². The van der Waals surface area contributed by atoms with Crippen molar-refractivity contribution in [1.82, 2.24) is 4.98 Å². The average Bonchev–Trinajstić information content (AvgIpc) is 2.91. The number of aryl methyl sites for hydroxylation is 1. The number of hydrogen-bond donors (Lipinski definition) is 1. The van der Waals surface area contributed by atoms with Crippen LogP contribution in [-0.4, -0.2) is 4.98 Å². The van der Waals surface area contributed by atoms with Crippen molar-refractivity contribution in [3.63, 3.8) is 0 Å². The summed E-state index contributed by atoms with van der Waals surface area (Å²) in [5.41, 5.74) is 3.93. The van der Waals surface area contributed by atoms with E-state index in [9.17, 15) is 0 Å². The van der Waals surface area contributed by atoms with Gasteiger partial charge in [0, 0.05) is 8.96 Å². The van der Waals surface area contributed by atoms with Crippen molar-refractivity contribution < 1.29 is 0 Å². The summed E-state index contributed by atoms with van der Waals surface area (Å²) in [7, 11) is 0. The first-order valence-corrected chi connectivity index (χ1v) is 8.28. The lowest BCUT2D eigenvalue weighted by Crippen LogP contribution is -2.08. The third-order valence-electron chi connectivity index (χ3n) is 4.11. The second kappa shape index (κ2) is 5.30. The molecule has 3 heteroatoms. The summed E-state index contributed by atoms with van der Waals surface area (Å²) in [5, 5.41) is 4.78. The Bertz CT molecular complexity index is 813. The van der Waals surface area contributed by atoms with Crippen LogP contribution >= 0.6 is 22.6 Å². The molecule has 0 bridgehead atoms. The molecule has 0 saturated heterocycles. The molecule has 1 N–H and O–H groups in total. The number of hydrogen-bond acceptors (Lipinski definition) is 2. The number of benzene rings is 2. The van der Waals surface area contributed by atoms with Gasteiger partial charge < -0.3 is 5.32 Å². The SMILES string of the molecule is Ic1ccc2nc(N[C@@H]3CCc4ccccc43)ccc2c1. The van der Waals surface area contributed by atoms with Gasteiger partial charge in [-0.2, -0.15) is 0 Å². The molecule has 0 spiro atoms. The maximum absolute atomic E-state index is 4.74. The summed E-state index contributed by atoms with van der Waals surface area (Å²) in [6.45, 7) is 0. The Hall–Kier alpha value is -1.62. The van der Waals surface area contributed by atoms with Crippen LogP contribution in [0, 0.1) is 3.57 Å². The number of fused-ring (bicyclic) bond motifs is 2. The molecule has 2 aromatic carbocycles. The first kappa shape index (κ1) is 13.1. The average molecular weight is 386 g/mol. The van der Waals surface area contributed by atoms with E-state index in [1.807, 2.05) is 0 Å². The first-order chi connectivity index (χ1) is 10.3. The Morgan fingerprint density at radius 2 is 1.95 bits per heavy atom. The lowest BCUT2D eigenvalue weighted by atomic mass is 10.1. The molecule has 1 heterocycles. The van der Waals surface area contributed by atoms with Gasteiger partial charge in [0.25, 0.3) is 0 Å². The summed E-state index contributed by atoms with van der Waals surface area (Å²) < 4.78 is 1.24. The van der Waals surface area contributed by atoms with E-state index in [-0.39, 0.29) is 0 Å². The van der Waals surface area contributed by atoms with Gasteiger partial charge in [0.2, 0.25) is 0 Å². The number of aromatic nitrogens is 1. The molecule has 104 valence electrons. The minimum atomic E-state index is 0.384. The molecular formula is C18H15IN2. The van der Waals surface area contributed by atoms with E-state index in [1.54, 1.807) is 0 Å². The van der Waals surface area contributed by atoms with Crippen molar-refractivity contribution in [2.45, 2.75) is 18.9 Å². The van der Waals surface area contributed by atoms with Crippen molar-refractivity contribution in [2.75, 3.05) is 5.32 Å². The number of halogens is 1. The Balaban J connectivity index is 1.65. The lowest BCUT2D eigenvalue weighted by molar-refractivity contribution is 0.758. The predicted octanol–water partition coefficient (Wildman–Crippen LogP) is 4.94. The fourth-order valence-corrected chi connectivity index (χ4v) is 3.58. The molecule has 1 aliphatic rings. The van der Waals surface area contributed by atoms with Gasteiger partial charge in [0.1, 0.15) is 5.82 Å². The molecule has 0 saturated carbocycles. The monoisotopic (exact) mass is 386 g/mol. The molecule has 0 radical (unpaired) electrons. The highest BCUT2D eigenvalue weighted by atomic mass is 127. The maximum Gasteiger partial charge on any atom is 0.127 e. The maximum atomic E-state index is 4.74. The zero-order valence-corrected chi connectivity index (χ0v) is 13.7. The van der Waals surface area contributed by atoms with E-state index in [2.05, 4.69) is 82.5 Å². The number of anilines is 1. The molecule has 4 rings (SSSR count). The first-order valence-electron chi connectivity index (χ1n) is 7.20. The highest BCUT2D eigenvalue weighted by molar-refractivity contribution is 14.1. The van der Waals surface area contributed by atoms with Crippen LogP contribution in [0.3, 0.4) is 0 Å². The summed E-state index contributed by atoms with van der Waals surface area (Å²) in [6, 6.07) is 19.7. The molecule has 0 aliphatic heterocycles. The van der Waals surface area contributed by atoms with Gasteiger partial charge in [0.05, 0.1) is 11.6 Å². The van der Waals surface area contributed by atoms with Crippen LogP contribution in [0.25, 0.3) is 10.9 Å². The van der Waals surface area contributed by atoms with E-state index in [1.165, 1.54) is 20.1 Å². The van der Waals surface area contributed by atoms with Crippen LogP contribution in [0.2, 0.25) is 0 Å². The molecule has 1 aliphatic carbocycles. The number of nitrogens with zero attached hydrogens (tertiary/aromatic N) is 1. The van der Waals surface area contributed by atoms with Crippen molar-refractivity contribution in [3.05, 3.63) is 69.3 Å². The third-order valence-corrected chi connectivity index (χ3v) is 4.78. The van der Waals surface area contributed by atoms with Crippen LogP contribution in [0.4, 0.5) is 5.82 Å². The van der Waals surface area contributed by atoms with Gasteiger partial charge in [-0.3, -0.25) is 0 Å². The molecule has 0 amide bonds. The second-order valence-corrected chi connectivity index (χ2v) is 6.71. The van der Waals surface area contributed by atoms with Crippen molar-refractivity contribution in [1.29, 1.82) is 0 Å². The minimum absolute atomic E-state index is 0.384.